The molecule has 0 spiro atoms. The second kappa shape index (κ2) is 3.39. The molecule has 54 valence electrons. The predicted molar refractivity (Wildman–Crippen MR) is 29.5 cm³/mol. The fourth-order valence-electron chi connectivity index (χ4n) is 0.0697. The van der Waals surface area contributed by atoms with Crippen molar-refractivity contribution in [3.8, 4) is 0 Å². The highest BCUT2D eigenvalue weighted by Crippen LogP contribution is 2.51. The first kappa shape index (κ1) is 9.20. The zero-order valence-corrected chi connectivity index (χ0v) is 6.19. The van der Waals surface area contributed by atoms with Gasteiger partial charge in [0.15, 0.2) is 0 Å². The van der Waals surface area contributed by atoms with Gasteiger partial charge in [-0.1, -0.05) is 0 Å². The summed E-state index contributed by atoms with van der Waals surface area (Å²) in [6.07, 6.45) is 0. The quantitative estimate of drug-likeness (QED) is 0.698. The van der Waals surface area contributed by atoms with Crippen LogP contribution < -0.4 is 0 Å². The van der Waals surface area contributed by atoms with E-state index >= 15 is 0 Å². The molecule has 0 aromatic rings. The number of rotatable bonds is 3. The van der Waals surface area contributed by atoms with Crippen LogP contribution in [0.15, 0.2) is 0 Å². The maximum absolute atomic E-state index is 10.3. The lowest BCUT2D eigenvalue weighted by atomic mass is 11.6. The number of carboxylic acid groups (broad SMARTS) is 1. The van der Waals surface area contributed by atoms with E-state index in [1.165, 1.54) is 0 Å². The molecule has 0 aromatic carbocycles. The lowest BCUT2D eigenvalue weighted by Gasteiger charge is -2.00. The van der Waals surface area contributed by atoms with Gasteiger partial charge >= 0.3 is 13.3 Å². The van der Waals surface area contributed by atoms with E-state index in [2.05, 4.69) is 31.9 Å². The highest BCUT2D eigenvalue weighted by molar-refractivity contribution is 7.72. The van der Waals surface area contributed by atoms with Gasteiger partial charge in [0, 0.05) is 0 Å². The summed E-state index contributed by atoms with van der Waals surface area (Å²) in [6, 6.07) is 0. The van der Waals surface area contributed by atoms with Gasteiger partial charge in [-0.05, 0) is 0 Å². The minimum atomic E-state index is -4.31. The topological polar surface area (TPSA) is 72.8 Å². The van der Waals surface area contributed by atoms with Gasteiger partial charge in [0.25, 0.3) is 0 Å². The van der Waals surface area contributed by atoms with Gasteiger partial charge in [-0.2, -0.15) is 8.15 Å². The van der Waals surface area contributed by atoms with E-state index in [0.717, 1.165) is 0 Å². The molecule has 0 radical (unpaired) electrons. The summed E-state index contributed by atoms with van der Waals surface area (Å²) in [5.74, 6) is 0. The number of hydrogen-bond acceptors (Lipinski definition) is 4. The maximum atomic E-state index is 10.3. The molecule has 1 N–H and O–H groups in total. The minimum absolute atomic E-state index is 1.84. The first-order chi connectivity index (χ1) is 4.06. The smallest absolute Gasteiger partial charge is 0.470 e. The molecule has 0 bridgehead atoms. The molecule has 0 fully saturated rings. The van der Waals surface area contributed by atoms with E-state index in [1.807, 2.05) is 0 Å². The molecule has 0 saturated heterocycles. The van der Waals surface area contributed by atoms with Gasteiger partial charge in [-0.15, -0.1) is 0 Å². The molecule has 5 nitrogen and oxygen atoms in total. The van der Waals surface area contributed by atoms with Gasteiger partial charge in [-0.3, -0.25) is 0 Å². The minimum Gasteiger partial charge on any atom is -0.472 e. The van der Waals surface area contributed by atoms with Crippen molar-refractivity contribution in [3.05, 3.63) is 0 Å². The Morgan fingerprint density at radius 3 is 1.78 bits per heavy atom. The van der Waals surface area contributed by atoms with Crippen LogP contribution in [0.25, 0.3) is 0 Å². The van der Waals surface area contributed by atoms with Crippen molar-refractivity contribution in [2.75, 3.05) is 0 Å². The van der Waals surface area contributed by atoms with Crippen LogP contribution in [0.4, 0.5) is 4.79 Å². The van der Waals surface area contributed by atoms with Crippen molar-refractivity contribution in [2.45, 2.75) is 0 Å². The van der Waals surface area contributed by atoms with Crippen LogP contribution >= 0.6 is 31.3 Å². The Bertz CT molecular complexity index is 147. The predicted octanol–water partition coefficient (Wildman–Crippen LogP) is 2.20. The molecule has 0 aliphatic heterocycles. The summed E-state index contributed by atoms with van der Waals surface area (Å²) >= 11 is 8.90. The summed E-state index contributed by atoms with van der Waals surface area (Å²) in [5, 5.41) is 7.95. The van der Waals surface area contributed by atoms with E-state index in [4.69, 9.17) is 5.11 Å². The molecular weight excluding hydrogens is 194 g/mol. The lowest BCUT2D eigenvalue weighted by molar-refractivity contribution is 0.211. The Hall–Kier alpha value is 0.200. The van der Waals surface area contributed by atoms with Gasteiger partial charge in [0.2, 0.25) is 0 Å². The van der Waals surface area contributed by atoms with E-state index in [9.17, 15) is 9.36 Å². The SMILES string of the molecule is O=C(O)P(=O)(OCl)OCl. The zero-order chi connectivity index (χ0) is 7.49. The van der Waals surface area contributed by atoms with Crippen molar-refractivity contribution < 1.29 is 22.6 Å². The van der Waals surface area contributed by atoms with Crippen molar-refractivity contribution >= 4 is 37.0 Å². The van der Waals surface area contributed by atoms with Crippen LogP contribution in [-0.4, -0.2) is 10.8 Å². The Morgan fingerprint density at radius 2 is 1.78 bits per heavy atom. The largest absolute Gasteiger partial charge is 0.472 e. The Labute approximate surface area is 60.3 Å². The molecule has 0 saturated carbocycles. The van der Waals surface area contributed by atoms with Crippen molar-refractivity contribution in [1.29, 1.82) is 0 Å². The fraction of sp³-hybridized carbons (Fsp3) is 0. The summed E-state index contributed by atoms with van der Waals surface area (Å²) < 4.78 is 17.2. The average molecular weight is 195 g/mol. The molecule has 0 aliphatic carbocycles. The molecule has 0 aromatic heterocycles. The van der Waals surface area contributed by atoms with Gasteiger partial charge in [0.05, 0.1) is 23.7 Å². The van der Waals surface area contributed by atoms with Crippen molar-refractivity contribution in [3.63, 3.8) is 0 Å². The third-order valence-corrected chi connectivity index (χ3v) is 2.34. The van der Waals surface area contributed by atoms with Crippen molar-refractivity contribution in [2.24, 2.45) is 0 Å². The number of carbonyl (C=O) groups is 1. The fourth-order valence-corrected chi connectivity index (χ4v) is 0.819. The molecule has 0 atom stereocenters. The van der Waals surface area contributed by atoms with E-state index in [-0.39, 0.29) is 0 Å². The first-order valence-corrected chi connectivity index (χ1v) is 3.67. The van der Waals surface area contributed by atoms with Crippen LogP contribution in [0.1, 0.15) is 0 Å². The normalized spacial score (nSPS) is 11.3. The molecule has 0 amide bonds. The van der Waals surface area contributed by atoms with Gasteiger partial charge in [-0.25, -0.2) is 9.36 Å². The Morgan fingerprint density at radius 1 is 1.44 bits per heavy atom. The first-order valence-electron chi connectivity index (χ1n) is 1.51. The molecule has 0 rings (SSSR count). The van der Waals surface area contributed by atoms with Crippen LogP contribution in [0.5, 0.6) is 0 Å². The van der Waals surface area contributed by atoms with E-state index in [1.54, 1.807) is 0 Å². The molecule has 0 unspecified atom stereocenters. The Kier molecular flexibility index (Phi) is 3.46. The highest BCUT2D eigenvalue weighted by atomic mass is 35.5. The molecular formula is CHCl2O5P. The Balaban J connectivity index is 4.30. The van der Waals surface area contributed by atoms with Gasteiger partial charge < -0.3 is 5.11 Å². The van der Waals surface area contributed by atoms with Crippen LogP contribution in [0.3, 0.4) is 0 Å². The second-order valence-electron chi connectivity index (χ2n) is 0.918. The zero-order valence-electron chi connectivity index (χ0n) is 3.78. The standard InChI is InChI=1S/CHCl2O5P/c2-7-9(6,8-3)1(4)5/h(H,4,5). The number of halogens is 2. The van der Waals surface area contributed by atoms with Gasteiger partial charge in [0.1, 0.15) is 0 Å². The maximum Gasteiger partial charge on any atom is 0.470 e. The van der Waals surface area contributed by atoms with Crippen LogP contribution in [0, 0.1) is 0 Å². The highest BCUT2D eigenvalue weighted by Gasteiger charge is 2.35. The summed E-state index contributed by atoms with van der Waals surface area (Å²) in [5.41, 5.74) is -1.84. The summed E-state index contributed by atoms with van der Waals surface area (Å²) in [4.78, 5) is 9.80. The summed E-state index contributed by atoms with van der Waals surface area (Å²) in [6.45, 7) is 0. The molecule has 9 heavy (non-hydrogen) atoms. The molecule has 0 heterocycles. The van der Waals surface area contributed by atoms with E-state index in [0.29, 0.717) is 0 Å². The second-order valence-corrected chi connectivity index (χ2v) is 3.40. The molecule has 8 heteroatoms. The third-order valence-electron chi connectivity index (χ3n) is 0.416. The van der Waals surface area contributed by atoms with E-state index < -0.39 is 13.3 Å². The number of hydrogen-bond donors (Lipinski definition) is 1. The third kappa shape index (κ3) is 2.12. The van der Waals surface area contributed by atoms with Crippen LogP contribution in [-0.2, 0) is 12.7 Å². The van der Waals surface area contributed by atoms with Crippen molar-refractivity contribution in [1.82, 2.24) is 0 Å². The lowest BCUT2D eigenvalue weighted by Crippen LogP contribution is -1.94. The van der Waals surface area contributed by atoms with Crippen LogP contribution in [0.2, 0.25) is 0 Å². The molecule has 0 aliphatic rings. The average Bonchev–Trinajstić information content (AvgIpc) is 1.86. The summed E-state index contributed by atoms with van der Waals surface area (Å²) in [7, 11) is -4.31. The monoisotopic (exact) mass is 194 g/mol.